The maximum Gasteiger partial charge on any atom is 0.271 e. The summed E-state index contributed by atoms with van der Waals surface area (Å²) in [6, 6.07) is 1.03. The molecule has 1 aromatic carbocycles. The second-order valence-electron chi connectivity index (χ2n) is 4.90. The normalized spacial score (nSPS) is 20.9. The van der Waals surface area contributed by atoms with E-state index in [1.165, 1.54) is 0 Å². The molecule has 2 atom stereocenters. The van der Waals surface area contributed by atoms with Gasteiger partial charge in [0.15, 0.2) is 5.82 Å². The van der Waals surface area contributed by atoms with Crippen molar-refractivity contribution in [2.24, 2.45) is 11.1 Å². The molecule has 0 bridgehead atoms. The maximum atomic E-state index is 14.1. The number of amides is 1. The number of nitrogens with zero attached hydrogens (tertiary/aromatic N) is 1. The van der Waals surface area contributed by atoms with Gasteiger partial charge in [-0.25, -0.2) is 17.9 Å². The van der Waals surface area contributed by atoms with E-state index in [2.05, 4.69) is 5.32 Å². The van der Waals surface area contributed by atoms with Crippen LogP contribution < -0.4 is 10.5 Å². The fraction of sp³-hybridized carbons (Fsp3) is 0.364. The molecule has 8 nitrogen and oxygen atoms in total. The molecule has 1 aliphatic rings. The molecular formula is C11H12FN3O5S. The van der Waals surface area contributed by atoms with Crippen molar-refractivity contribution in [3.05, 3.63) is 33.6 Å². The summed E-state index contributed by atoms with van der Waals surface area (Å²) in [5.74, 6) is -2.07. The van der Waals surface area contributed by atoms with E-state index in [9.17, 15) is 27.7 Å². The smallest absolute Gasteiger partial charge is 0.271 e. The van der Waals surface area contributed by atoms with Gasteiger partial charge in [0.25, 0.3) is 11.6 Å². The molecule has 0 spiro atoms. The lowest BCUT2D eigenvalue weighted by Gasteiger charge is -2.08. The standard InChI is InChI=1S/C11H12FN3O5S/c1-5-2-8(5)14-11(16)7-3-6(15(17)18)4-9(10(7)12)21(13,19)20/h3-5,8H,2H2,1H3,(H,14,16)(H2,13,19,20). The van der Waals surface area contributed by atoms with Gasteiger partial charge in [-0.15, -0.1) is 0 Å². The number of halogens is 1. The minimum absolute atomic E-state index is 0.144. The molecule has 2 unspecified atom stereocenters. The molecule has 1 aromatic rings. The van der Waals surface area contributed by atoms with Crippen LogP contribution in [0, 0.1) is 21.8 Å². The van der Waals surface area contributed by atoms with Crippen LogP contribution in [0.4, 0.5) is 10.1 Å². The largest absolute Gasteiger partial charge is 0.349 e. The fourth-order valence-corrected chi connectivity index (χ4v) is 2.48. The first-order chi connectivity index (χ1) is 9.61. The number of nitrogens with two attached hydrogens (primary N) is 1. The highest BCUT2D eigenvalue weighted by Gasteiger charge is 2.35. The number of primary sulfonamides is 1. The molecule has 0 aliphatic heterocycles. The number of non-ortho nitro benzene ring substituents is 1. The molecule has 2 rings (SSSR count). The zero-order chi connectivity index (χ0) is 15.9. The van der Waals surface area contributed by atoms with Gasteiger partial charge in [-0.3, -0.25) is 14.9 Å². The summed E-state index contributed by atoms with van der Waals surface area (Å²) in [6.45, 7) is 1.87. The summed E-state index contributed by atoms with van der Waals surface area (Å²) in [6.07, 6.45) is 0.713. The molecule has 1 fully saturated rings. The van der Waals surface area contributed by atoms with Gasteiger partial charge < -0.3 is 5.32 Å². The molecule has 21 heavy (non-hydrogen) atoms. The van der Waals surface area contributed by atoms with Crippen molar-refractivity contribution in [3.8, 4) is 0 Å². The first-order valence-electron chi connectivity index (χ1n) is 5.93. The number of carbonyl (C=O) groups excluding carboxylic acids is 1. The van der Waals surface area contributed by atoms with Crippen LogP contribution in [-0.4, -0.2) is 25.3 Å². The highest BCUT2D eigenvalue weighted by molar-refractivity contribution is 7.89. The Labute approximate surface area is 119 Å². The van der Waals surface area contributed by atoms with E-state index in [-0.39, 0.29) is 12.0 Å². The van der Waals surface area contributed by atoms with Crippen molar-refractivity contribution in [2.75, 3.05) is 0 Å². The number of carbonyl (C=O) groups is 1. The first kappa shape index (κ1) is 15.3. The van der Waals surface area contributed by atoms with Gasteiger partial charge in [-0.2, -0.15) is 0 Å². The van der Waals surface area contributed by atoms with Crippen LogP contribution in [0.1, 0.15) is 23.7 Å². The number of nitrogens with one attached hydrogen (secondary N) is 1. The number of benzene rings is 1. The van der Waals surface area contributed by atoms with Gasteiger partial charge in [0.05, 0.1) is 10.5 Å². The number of nitro benzene ring substituents is 1. The second kappa shape index (κ2) is 5.04. The minimum Gasteiger partial charge on any atom is -0.349 e. The highest BCUT2D eigenvalue weighted by atomic mass is 32.2. The van der Waals surface area contributed by atoms with E-state index in [4.69, 9.17) is 5.14 Å². The SMILES string of the molecule is CC1CC1NC(=O)c1cc([N+](=O)[O-])cc(S(N)(=O)=O)c1F. The molecule has 0 heterocycles. The Morgan fingerprint density at radius 2 is 2.10 bits per heavy atom. The zero-order valence-corrected chi connectivity index (χ0v) is 11.7. The molecular weight excluding hydrogens is 305 g/mol. The maximum absolute atomic E-state index is 14.1. The van der Waals surface area contributed by atoms with Crippen molar-refractivity contribution < 1.29 is 22.5 Å². The van der Waals surface area contributed by atoms with Crippen LogP contribution in [0.25, 0.3) is 0 Å². The molecule has 1 amide bonds. The van der Waals surface area contributed by atoms with E-state index < -0.39 is 42.8 Å². The van der Waals surface area contributed by atoms with E-state index in [0.717, 1.165) is 0 Å². The van der Waals surface area contributed by atoms with Gasteiger partial charge in [0.2, 0.25) is 10.0 Å². The van der Waals surface area contributed by atoms with Crippen LogP contribution in [0.2, 0.25) is 0 Å². The van der Waals surface area contributed by atoms with Crippen molar-refractivity contribution >= 4 is 21.6 Å². The van der Waals surface area contributed by atoms with Crippen LogP contribution in [-0.2, 0) is 10.0 Å². The Kier molecular flexibility index (Phi) is 3.68. The third kappa shape index (κ3) is 3.16. The predicted octanol–water partition coefficient (Wildman–Crippen LogP) is 0.519. The average molecular weight is 317 g/mol. The van der Waals surface area contributed by atoms with Crippen LogP contribution in [0.15, 0.2) is 17.0 Å². The predicted molar refractivity (Wildman–Crippen MR) is 69.5 cm³/mol. The molecule has 0 radical (unpaired) electrons. The van der Waals surface area contributed by atoms with Crippen molar-refractivity contribution in [3.63, 3.8) is 0 Å². The van der Waals surface area contributed by atoms with Crippen LogP contribution in [0.3, 0.4) is 0 Å². The highest BCUT2D eigenvalue weighted by Crippen LogP contribution is 2.30. The van der Waals surface area contributed by atoms with Crippen molar-refractivity contribution in [1.82, 2.24) is 5.32 Å². The third-order valence-corrected chi connectivity index (χ3v) is 4.12. The van der Waals surface area contributed by atoms with Gasteiger partial charge in [0, 0.05) is 18.2 Å². The van der Waals surface area contributed by atoms with E-state index in [1.54, 1.807) is 0 Å². The lowest BCUT2D eigenvalue weighted by molar-refractivity contribution is -0.385. The van der Waals surface area contributed by atoms with Crippen LogP contribution in [0.5, 0.6) is 0 Å². The van der Waals surface area contributed by atoms with Gasteiger partial charge in [-0.05, 0) is 12.3 Å². The van der Waals surface area contributed by atoms with Crippen LogP contribution >= 0.6 is 0 Å². The number of nitro groups is 1. The Hall–Kier alpha value is -2.07. The summed E-state index contributed by atoms with van der Waals surface area (Å²) in [5, 5.41) is 18.0. The lowest BCUT2D eigenvalue weighted by Crippen LogP contribution is -2.28. The van der Waals surface area contributed by atoms with E-state index in [0.29, 0.717) is 18.6 Å². The fourth-order valence-electron chi connectivity index (χ4n) is 1.83. The van der Waals surface area contributed by atoms with E-state index >= 15 is 0 Å². The molecule has 10 heteroatoms. The van der Waals surface area contributed by atoms with Gasteiger partial charge >= 0.3 is 0 Å². The average Bonchev–Trinajstić information content (AvgIpc) is 3.02. The molecule has 0 saturated heterocycles. The Morgan fingerprint density at radius 1 is 1.52 bits per heavy atom. The summed E-state index contributed by atoms with van der Waals surface area (Å²) in [7, 11) is -4.53. The quantitative estimate of drug-likeness (QED) is 0.617. The number of hydrogen-bond donors (Lipinski definition) is 2. The van der Waals surface area contributed by atoms with Crippen molar-refractivity contribution in [2.45, 2.75) is 24.3 Å². The number of sulfonamides is 1. The molecule has 114 valence electrons. The van der Waals surface area contributed by atoms with E-state index in [1.807, 2.05) is 6.92 Å². The first-order valence-corrected chi connectivity index (χ1v) is 7.47. The monoisotopic (exact) mass is 317 g/mol. The summed E-state index contributed by atoms with van der Waals surface area (Å²) < 4.78 is 36.6. The molecule has 1 aliphatic carbocycles. The van der Waals surface area contributed by atoms with Gasteiger partial charge in [-0.1, -0.05) is 6.92 Å². The lowest BCUT2D eigenvalue weighted by atomic mass is 10.1. The second-order valence-corrected chi connectivity index (χ2v) is 6.43. The Balaban J connectivity index is 2.51. The van der Waals surface area contributed by atoms with Crippen molar-refractivity contribution in [1.29, 1.82) is 0 Å². The Bertz CT molecular complexity index is 734. The topological polar surface area (TPSA) is 132 Å². The number of hydrogen-bond acceptors (Lipinski definition) is 5. The number of rotatable bonds is 4. The summed E-state index contributed by atoms with van der Waals surface area (Å²) in [4.78, 5) is 20.7. The molecule has 0 aromatic heterocycles. The molecule has 3 N–H and O–H groups in total. The van der Waals surface area contributed by atoms with Gasteiger partial charge in [0.1, 0.15) is 4.90 Å². The molecule has 1 saturated carbocycles. The minimum atomic E-state index is -4.53. The summed E-state index contributed by atoms with van der Waals surface area (Å²) >= 11 is 0. The summed E-state index contributed by atoms with van der Waals surface area (Å²) in [5.41, 5.74) is -1.44. The Morgan fingerprint density at radius 3 is 2.52 bits per heavy atom. The third-order valence-electron chi connectivity index (χ3n) is 3.21. The zero-order valence-electron chi connectivity index (χ0n) is 10.9.